The highest BCUT2D eigenvalue weighted by Gasteiger charge is 2.39. The third kappa shape index (κ3) is 7.90. The molecule has 1 aromatic rings. The van der Waals surface area contributed by atoms with Crippen molar-refractivity contribution in [2.24, 2.45) is 5.92 Å². The first-order chi connectivity index (χ1) is 18.4. The van der Waals surface area contributed by atoms with Crippen LogP contribution in [0.1, 0.15) is 50.3 Å². The number of carbonyl (C=O) groups excluding carboxylic acids is 1. The average Bonchev–Trinajstić information content (AvgIpc) is 3.56. The quantitative estimate of drug-likeness (QED) is 0.238. The summed E-state index contributed by atoms with van der Waals surface area (Å²) in [5, 5.41) is 3.36. The summed E-state index contributed by atoms with van der Waals surface area (Å²) in [6.45, 7) is 9.90. The molecular formula is C30H42FN3O4. The molecule has 0 aromatic carbocycles. The van der Waals surface area contributed by atoms with E-state index < -0.39 is 5.67 Å². The van der Waals surface area contributed by atoms with Crippen LogP contribution in [0.3, 0.4) is 0 Å². The number of hydrogen-bond donors (Lipinski definition) is 1. The number of carbonyl (C=O) groups is 1. The molecule has 0 saturated carbocycles. The van der Waals surface area contributed by atoms with Crippen molar-refractivity contribution in [2.75, 3.05) is 51.8 Å². The standard InChI is InChI=1S/C30H42FN3O4/c1-4-6-26(38-27-11-16-37-20-27)17-22(2)24(18-28(35)36-3)19-34-15-13-30(31,21-34)12-10-25-9-8-23-7-5-14-32-29(23)33-25/h4,6,8-9,17,24,27H,2,5,7,10-16,18-21H2,1,3H3,(H,32,33)/b6-4-,26-17+/t24-,27+,30+/m1/s1. The van der Waals surface area contributed by atoms with Crippen molar-refractivity contribution in [2.45, 2.75) is 63.6 Å². The van der Waals surface area contributed by atoms with Gasteiger partial charge in [0.05, 0.1) is 26.7 Å². The number of ether oxygens (including phenoxy) is 3. The molecular weight excluding hydrogens is 485 g/mol. The zero-order chi connectivity index (χ0) is 27.0. The van der Waals surface area contributed by atoms with E-state index in [0.29, 0.717) is 57.9 Å². The van der Waals surface area contributed by atoms with Gasteiger partial charge in [0.15, 0.2) is 0 Å². The van der Waals surface area contributed by atoms with Gasteiger partial charge in [-0.05, 0) is 68.4 Å². The number of alkyl halides is 1. The third-order valence-electron chi connectivity index (χ3n) is 7.66. The lowest BCUT2D eigenvalue weighted by atomic mass is 9.94. The number of fused-ring (bicyclic) bond motifs is 1. The number of nitrogens with one attached hydrogen (secondary N) is 1. The summed E-state index contributed by atoms with van der Waals surface area (Å²) in [5.41, 5.74) is 1.66. The smallest absolute Gasteiger partial charge is 0.306 e. The van der Waals surface area contributed by atoms with Crippen LogP contribution in [-0.4, -0.2) is 74.1 Å². The molecule has 4 rings (SSSR count). The number of pyridine rings is 1. The van der Waals surface area contributed by atoms with E-state index in [1.54, 1.807) is 0 Å². The summed E-state index contributed by atoms with van der Waals surface area (Å²) in [4.78, 5) is 19.1. The van der Waals surface area contributed by atoms with Gasteiger partial charge in [-0.25, -0.2) is 9.37 Å². The number of aromatic nitrogens is 1. The van der Waals surface area contributed by atoms with Crippen molar-refractivity contribution in [1.82, 2.24) is 9.88 Å². The second-order valence-electron chi connectivity index (χ2n) is 10.7. The minimum absolute atomic E-state index is 0.00966. The van der Waals surface area contributed by atoms with Crippen molar-refractivity contribution in [1.29, 1.82) is 0 Å². The van der Waals surface area contributed by atoms with E-state index in [1.807, 2.05) is 31.2 Å². The molecule has 1 aromatic heterocycles. The van der Waals surface area contributed by atoms with Gasteiger partial charge >= 0.3 is 5.97 Å². The maximum absolute atomic E-state index is 15.9. The lowest BCUT2D eigenvalue weighted by Crippen LogP contribution is -2.34. The molecule has 0 spiro atoms. The number of hydrogen-bond acceptors (Lipinski definition) is 7. The summed E-state index contributed by atoms with van der Waals surface area (Å²) in [6.07, 6.45) is 10.4. The first-order valence-electron chi connectivity index (χ1n) is 13.9. The largest absolute Gasteiger partial charge is 0.488 e. The van der Waals surface area contributed by atoms with Gasteiger partial charge in [-0.3, -0.25) is 9.69 Å². The Hall–Kier alpha value is -2.71. The number of methoxy groups -OCH3 is 1. The van der Waals surface area contributed by atoms with E-state index >= 15 is 4.39 Å². The van der Waals surface area contributed by atoms with Crippen molar-refractivity contribution in [3.8, 4) is 0 Å². The Morgan fingerprint density at radius 1 is 1.45 bits per heavy atom. The monoisotopic (exact) mass is 527 g/mol. The van der Waals surface area contributed by atoms with Gasteiger partial charge < -0.3 is 19.5 Å². The Bertz CT molecular complexity index is 1040. The van der Waals surface area contributed by atoms with Crippen molar-refractivity contribution in [3.05, 3.63) is 59.5 Å². The molecule has 3 atom stereocenters. The molecule has 0 unspecified atom stereocenters. The molecule has 8 heteroatoms. The Morgan fingerprint density at radius 3 is 3.08 bits per heavy atom. The molecule has 4 heterocycles. The maximum atomic E-state index is 15.9. The molecule has 0 bridgehead atoms. The van der Waals surface area contributed by atoms with Gasteiger partial charge in [-0.1, -0.05) is 18.7 Å². The minimum Gasteiger partial charge on any atom is -0.488 e. The van der Waals surface area contributed by atoms with Crippen LogP contribution in [0, 0.1) is 5.92 Å². The molecule has 7 nitrogen and oxygen atoms in total. The highest BCUT2D eigenvalue weighted by molar-refractivity contribution is 5.70. The third-order valence-corrected chi connectivity index (χ3v) is 7.66. The number of aryl methyl sites for hydroxylation is 2. The fraction of sp³-hybridized carbons (Fsp3) is 0.600. The van der Waals surface area contributed by atoms with E-state index in [9.17, 15) is 4.79 Å². The van der Waals surface area contributed by atoms with Crippen LogP contribution in [0.4, 0.5) is 10.2 Å². The van der Waals surface area contributed by atoms with Gasteiger partial charge in [0, 0.05) is 44.2 Å². The fourth-order valence-electron chi connectivity index (χ4n) is 5.43. The molecule has 208 valence electrons. The first kappa shape index (κ1) is 28.3. The predicted molar refractivity (Wildman–Crippen MR) is 147 cm³/mol. The van der Waals surface area contributed by atoms with Crippen LogP contribution in [0.25, 0.3) is 0 Å². The predicted octanol–water partition coefficient (Wildman–Crippen LogP) is 4.79. The van der Waals surface area contributed by atoms with Crippen LogP contribution in [0.5, 0.6) is 0 Å². The van der Waals surface area contributed by atoms with E-state index in [1.165, 1.54) is 12.7 Å². The second-order valence-corrected chi connectivity index (χ2v) is 10.7. The van der Waals surface area contributed by atoms with Gasteiger partial charge in [-0.15, -0.1) is 0 Å². The summed E-state index contributed by atoms with van der Waals surface area (Å²) in [6, 6.07) is 4.16. The van der Waals surface area contributed by atoms with Gasteiger partial charge in [0.25, 0.3) is 0 Å². The average molecular weight is 528 g/mol. The number of rotatable bonds is 12. The van der Waals surface area contributed by atoms with Crippen LogP contribution in [-0.2, 0) is 31.8 Å². The molecule has 0 radical (unpaired) electrons. The van der Waals surface area contributed by atoms with Crippen molar-refractivity contribution >= 4 is 11.8 Å². The van der Waals surface area contributed by atoms with Crippen LogP contribution < -0.4 is 5.32 Å². The number of likely N-dealkylation sites (tertiary alicyclic amines) is 1. The summed E-state index contributed by atoms with van der Waals surface area (Å²) >= 11 is 0. The number of halogens is 1. The fourth-order valence-corrected chi connectivity index (χ4v) is 5.43. The summed E-state index contributed by atoms with van der Waals surface area (Å²) < 4.78 is 32.3. The highest BCUT2D eigenvalue weighted by Crippen LogP contribution is 2.33. The molecule has 38 heavy (non-hydrogen) atoms. The molecule has 2 saturated heterocycles. The zero-order valence-electron chi connectivity index (χ0n) is 22.8. The Balaban J connectivity index is 1.36. The minimum atomic E-state index is -1.28. The lowest BCUT2D eigenvalue weighted by molar-refractivity contribution is -0.141. The molecule has 0 amide bonds. The Labute approximate surface area is 226 Å². The number of nitrogens with zero attached hydrogens (tertiary/aromatic N) is 2. The molecule has 1 N–H and O–H groups in total. The van der Waals surface area contributed by atoms with Crippen molar-refractivity contribution < 1.29 is 23.4 Å². The summed E-state index contributed by atoms with van der Waals surface area (Å²) in [5.74, 6) is 1.13. The first-order valence-corrected chi connectivity index (χ1v) is 13.9. The SMILES string of the molecule is C=C(/C=C(\C=C/C)O[C@H]1CCOC1)[C@H](CC(=O)OC)CN1CC[C@@](F)(CCc2ccc3c(n2)NCCC3)C1. The molecule has 2 fully saturated rings. The van der Waals surface area contributed by atoms with Gasteiger partial charge in [-0.2, -0.15) is 0 Å². The number of anilines is 1. The van der Waals surface area contributed by atoms with E-state index in [-0.39, 0.29) is 24.4 Å². The van der Waals surface area contributed by atoms with E-state index in [4.69, 9.17) is 19.2 Å². The number of esters is 1. The van der Waals surface area contributed by atoms with E-state index in [0.717, 1.165) is 42.9 Å². The second kappa shape index (κ2) is 13.4. The van der Waals surface area contributed by atoms with Crippen LogP contribution in [0.15, 0.2) is 48.3 Å². The molecule has 0 aliphatic carbocycles. The van der Waals surface area contributed by atoms with Crippen molar-refractivity contribution in [3.63, 3.8) is 0 Å². The van der Waals surface area contributed by atoms with Gasteiger partial charge in [0.2, 0.25) is 0 Å². The maximum Gasteiger partial charge on any atom is 0.306 e. The molecule has 3 aliphatic rings. The zero-order valence-corrected chi connectivity index (χ0v) is 22.8. The molecule has 3 aliphatic heterocycles. The summed E-state index contributed by atoms with van der Waals surface area (Å²) in [7, 11) is 1.39. The number of allylic oxidation sites excluding steroid dienone is 3. The highest BCUT2D eigenvalue weighted by atomic mass is 19.1. The lowest BCUT2D eigenvalue weighted by Gasteiger charge is -2.26. The Morgan fingerprint density at radius 2 is 2.32 bits per heavy atom. The van der Waals surface area contributed by atoms with Crippen LogP contribution >= 0.6 is 0 Å². The van der Waals surface area contributed by atoms with E-state index in [2.05, 4.69) is 22.9 Å². The normalized spacial score (nSPS) is 24.7. The van der Waals surface area contributed by atoms with Gasteiger partial charge in [0.1, 0.15) is 23.3 Å². The van der Waals surface area contributed by atoms with Crippen LogP contribution in [0.2, 0.25) is 0 Å². The topological polar surface area (TPSA) is 72.9 Å². The Kier molecular flexibility index (Phi) is 9.97.